The third-order valence-electron chi connectivity index (χ3n) is 4.44. The molecule has 1 aliphatic heterocycles. The van der Waals surface area contributed by atoms with Gasteiger partial charge in [0, 0.05) is 39.3 Å². The van der Waals surface area contributed by atoms with E-state index in [4.69, 9.17) is 14.5 Å². The van der Waals surface area contributed by atoms with Crippen LogP contribution in [0.4, 0.5) is 0 Å². The molecule has 0 bridgehead atoms. The summed E-state index contributed by atoms with van der Waals surface area (Å²) in [7, 11) is 1.69. The lowest BCUT2D eigenvalue weighted by atomic mass is 10.1. The molecule has 1 saturated heterocycles. The number of aliphatic imine (C=N–C) groups is 1. The number of ether oxygens (including phenoxy) is 2. The minimum atomic E-state index is 0.533. The second kappa shape index (κ2) is 11.8. The molecular weight excluding hydrogens is 328 g/mol. The second-order valence-electron chi connectivity index (χ2n) is 6.76. The molecule has 0 amide bonds. The molecule has 2 N–H and O–H groups in total. The summed E-state index contributed by atoms with van der Waals surface area (Å²) in [6.07, 6.45) is 0.956. The summed E-state index contributed by atoms with van der Waals surface area (Å²) in [5, 5.41) is 6.76. The Balaban J connectivity index is 1.73. The van der Waals surface area contributed by atoms with E-state index in [0.29, 0.717) is 5.92 Å². The number of methoxy groups -OCH3 is 1. The van der Waals surface area contributed by atoms with Crippen LogP contribution in [0.2, 0.25) is 0 Å². The van der Waals surface area contributed by atoms with Gasteiger partial charge in [0.25, 0.3) is 0 Å². The molecule has 0 saturated carbocycles. The molecule has 6 nitrogen and oxygen atoms in total. The highest BCUT2D eigenvalue weighted by atomic mass is 16.5. The van der Waals surface area contributed by atoms with E-state index in [2.05, 4.69) is 41.5 Å². The molecule has 146 valence electrons. The normalized spacial score (nSPS) is 17.0. The van der Waals surface area contributed by atoms with E-state index in [1.54, 1.807) is 7.11 Å². The Morgan fingerprint density at radius 1 is 1.23 bits per heavy atom. The number of nitrogens with one attached hydrogen (secondary N) is 2. The van der Waals surface area contributed by atoms with E-state index in [-0.39, 0.29) is 0 Å². The smallest absolute Gasteiger partial charge is 0.191 e. The van der Waals surface area contributed by atoms with Gasteiger partial charge in [0.15, 0.2) is 5.96 Å². The predicted octanol–water partition coefficient (Wildman–Crippen LogP) is 1.76. The van der Waals surface area contributed by atoms with Crippen LogP contribution in [0.5, 0.6) is 5.75 Å². The van der Waals surface area contributed by atoms with E-state index >= 15 is 0 Å². The van der Waals surface area contributed by atoms with Gasteiger partial charge in [-0.25, -0.2) is 0 Å². The highest BCUT2D eigenvalue weighted by molar-refractivity contribution is 5.79. The Morgan fingerprint density at radius 3 is 2.62 bits per heavy atom. The van der Waals surface area contributed by atoms with Crippen molar-refractivity contribution in [3.05, 3.63) is 29.8 Å². The molecule has 26 heavy (non-hydrogen) atoms. The zero-order valence-corrected chi connectivity index (χ0v) is 16.5. The summed E-state index contributed by atoms with van der Waals surface area (Å²) in [6.45, 7) is 11.8. The molecule has 0 aromatic heterocycles. The van der Waals surface area contributed by atoms with Gasteiger partial charge < -0.3 is 20.1 Å². The maximum Gasteiger partial charge on any atom is 0.191 e. The third kappa shape index (κ3) is 7.62. The van der Waals surface area contributed by atoms with Gasteiger partial charge >= 0.3 is 0 Å². The number of rotatable bonds is 9. The number of benzene rings is 1. The predicted molar refractivity (Wildman–Crippen MR) is 107 cm³/mol. The average molecular weight is 363 g/mol. The lowest BCUT2D eigenvalue weighted by Gasteiger charge is -2.28. The van der Waals surface area contributed by atoms with Gasteiger partial charge in [-0.2, -0.15) is 0 Å². The van der Waals surface area contributed by atoms with E-state index in [1.807, 2.05) is 12.1 Å². The number of nitrogens with zero attached hydrogens (tertiary/aromatic N) is 2. The average Bonchev–Trinajstić information content (AvgIpc) is 2.67. The van der Waals surface area contributed by atoms with Gasteiger partial charge in [0.1, 0.15) is 5.75 Å². The fourth-order valence-corrected chi connectivity index (χ4v) is 2.99. The van der Waals surface area contributed by atoms with Crippen LogP contribution in [0, 0.1) is 5.92 Å². The zero-order chi connectivity index (χ0) is 18.6. The first-order valence-corrected chi connectivity index (χ1v) is 9.66. The molecule has 1 aromatic carbocycles. The van der Waals surface area contributed by atoms with E-state index in [0.717, 1.165) is 70.6 Å². The largest absolute Gasteiger partial charge is 0.497 e. The Kier molecular flexibility index (Phi) is 9.28. The van der Waals surface area contributed by atoms with Crippen molar-refractivity contribution in [2.75, 3.05) is 59.6 Å². The first-order valence-electron chi connectivity index (χ1n) is 9.66. The van der Waals surface area contributed by atoms with Crippen molar-refractivity contribution in [1.29, 1.82) is 0 Å². The minimum Gasteiger partial charge on any atom is -0.497 e. The number of guanidine groups is 1. The van der Waals surface area contributed by atoms with Crippen molar-refractivity contribution in [3.63, 3.8) is 0 Å². The van der Waals surface area contributed by atoms with Crippen LogP contribution >= 0.6 is 0 Å². The van der Waals surface area contributed by atoms with Crippen LogP contribution in [0.1, 0.15) is 19.4 Å². The fourth-order valence-electron chi connectivity index (χ4n) is 2.99. The van der Waals surface area contributed by atoms with E-state index in [1.165, 1.54) is 5.56 Å². The van der Waals surface area contributed by atoms with Crippen LogP contribution in [0.3, 0.4) is 0 Å². The summed E-state index contributed by atoms with van der Waals surface area (Å²) < 4.78 is 10.6. The summed E-state index contributed by atoms with van der Waals surface area (Å²) in [4.78, 5) is 7.22. The van der Waals surface area contributed by atoms with Crippen molar-refractivity contribution in [3.8, 4) is 5.75 Å². The van der Waals surface area contributed by atoms with Crippen LogP contribution in [-0.4, -0.2) is 70.5 Å². The summed E-state index contributed by atoms with van der Waals surface area (Å²) in [5.74, 6) is 2.32. The SMILES string of the molecule is CCNC(=NCC(C)CN1CCOCC1)NCCc1ccc(OC)cc1. The van der Waals surface area contributed by atoms with Gasteiger partial charge in [-0.3, -0.25) is 9.89 Å². The summed E-state index contributed by atoms with van der Waals surface area (Å²) in [6, 6.07) is 8.22. The first-order chi connectivity index (χ1) is 12.7. The molecule has 6 heteroatoms. The second-order valence-corrected chi connectivity index (χ2v) is 6.76. The number of morpholine rings is 1. The lowest BCUT2D eigenvalue weighted by molar-refractivity contribution is 0.0323. The molecule has 0 spiro atoms. The fraction of sp³-hybridized carbons (Fsp3) is 0.650. The quantitative estimate of drug-likeness (QED) is 0.518. The molecule has 1 unspecified atom stereocenters. The van der Waals surface area contributed by atoms with E-state index < -0.39 is 0 Å². The van der Waals surface area contributed by atoms with Crippen molar-refractivity contribution in [2.45, 2.75) is 20.3 Å². The highest BCUT2D eigenvalue weighted by Crippen LogP contribution is 2.11. The first kappa shape index (κ1) is 20.5. The van der Waals surface area contributed by atoms with Gasteiger partial charge in [-0.15, -0.1) is 0 Å². The molecule has 1 atom stereocenters. The molecule has 0 aliphatic carbocycles. The standard InChI is InChI=1S/C20H34N4O2/c1-4-21-20(22-10-9-18-5-7-19(25-3)8-6-18)23-15-17(2)16-24-11-13-26-14-12-24/h5-8,17H,4,9-16H2,1-3H3,(H2,21,22,23). The number of hydrogen-bond acceptors (Lipinski definition) is 4. The molecule has 1 fully saturated rings. The Bertz CT molecular complexity index is 527. The Labute approximate surface area is 158 Å². The van der Waals surface area contributed by atoms with Crippen LogP contribution < -0.4 is 15.4 Å². The maximum atomic E-state index is 5.41. The van der Waals surface area contributed by atoms with Crippen molar-refractivity contribution in [2.24, 2.45) is 10.9 Å². The van der Waals surface area contributed by atoms with Gasteiger partial charge in [0.05, 0.1) is 20.3 Å². The minimum absolute atomic E-state index is 0.533. The maximum absolute atomic E-state index is 5.41. The highest BCUT2D eigenvalue weighted by Gasteiger charge is 2.13. The van der Waals surface area contributed by atoms with Crippen LogP contribution in [-0.2, 0) is 11.2 Å². The molecule has 1 aromatic rings. The molecule has 0 radical (unpaired) electrons. The van der Waals surface area contributed by atoms with Crippen molar-refractivity contribution in [1.82, 2.24) is 15.5 Å². The zero-order valence-electron chi connectivity index (χ0n) is 16.5. The topological polar surface area (TPSA) is 58.1 Å². The molecule has 1 heterocycles. The molecular formula is C20H34N4O2. The lowest BCUT2D eigenvalue weighted by Crippen LogP contribution is -2.40. The molecule has 1 aliphatic rings. The van der Waals surface area contributed by atoms with Gasteiger partial charge in [0.2, 0.25) is 0 Å². The molecule has 2 rings (SSSR count). The van der Waals surface area contributed by atoms with Gasteiger partial charge in [-0.05, 0) is 37.0 Å². The Morgan fingerprint density at radius 2 is 1.96 bits per heavy atom. The van der Waals surface area contributed by atoms with E-state index in [9.17, 15) is 0 Å². The van der Waals surface area contributed by atoms with Crippen LogP contribution in [0.25, 0.3) is 0 Å². The van der Waals surface area contributed by atoms with Crippen LogP contribution in [0.15, 0.2) is 29.3 Å². The summed E-state index contributed by atoms with van der Waals surface area (Å²) >= 11 is 0. The van der Waals surface area contributed by atoms with Gasteiger partial charge in [-0.1, -0.05) is 19.1 Å². The Hall–Kier alpha value is -1.79. The van der Waals surface area contributed by atoms with Crippen molar-refractivity contribution < 1.29 is 9.47 Å². The van der Waals surface area contributed by atoms with Crippen molar-refractivity contribution >= 4 is 5.96 Å². The monoisotopic (exact) mass is 362 g/mol. The third-order valence-corrected chi connectivity index (χ3v) is 4.44. The number of hydrogen-bond donors (Lipinski definition) is 2. The summed E-state index contributed by atoms with van der Waals surface area (Å²) in [5.41, 5.74) is 1.29.